The van der Waals surface area contributed by atoms with Crippen molar-refractivity contribution in [1.82, 2.24) is 9.97 Å². The molecule has 144 valence electrons. The molecule has 9 heteroatoms. The first-order chi connectivity index (χ1) is 13.5. The smallest absolute Gasteiger partial charge is 0.274 e. The molecular weight excluding hydrogens is 370 g/mol. The number of hydrogen-bond donors (Lipinski definition) is 2. The minimum Gasteiger partial charge on any atom is -0.497 e. The number of methoxy groups -OCH3 is 2. The zero-order chi connectivity index (χ0) is 20.1. The van der Waals surface area contributed by atoms with Gasteiger partial charge in [-0.15, -0.1) is 0 Å². The Bertz CT molecular complexity index is 994. The molecular formula is C19H16F2N4O3. The van der Waals surface area contributed by atoms with E-state index in [1.54, 1.807) is 18.2 Å². The zero-order valence-electron chi connectivity index (χ0n) is 15.0. The molecule has 7 nitrogen and oxygen atoms in total. The number of halogens is 2. The number of ether oxygens (including phenoxy) is 2. The maximum Gasteiger partial charge on any atom is 0.274 e. The predicted molar refractivity (Wildman–Crippen MR) is 99.2 cm³/mol. The summed E-state index contributed by atoms with van der Waals surface area (Å²) in [5.74, 6) is -1.39. The van der Waals surface area contributed by atoms with Crippen molar-refractivity contribution in [1.29, 1.82) is 0 Å². The molecule has 0 radical (unpaired) electrons. The topological polar surface area (TPSA) is 85.4 Å². The summed E-state index contributed by atoms with van der Waals surface area (Å²) in [5.41, 5.74) is -0.114. The molecule has 0 unspecified atom stereocenters. The molecule has 3 aromatic rings. The normalized spacial score (nSPS) is 10.3. The summed E-state index contributed by atoms with van der Waals surface area (Å²) in [5, 5.41) is 5.10. The van der Waals surface area contributed by atoms with Crippen LogP contribution in [0.1, 0.15) is 10.5 Å². The van der Waals surface area contributed by atoms with Crippen LogP contribution in [0.3, 0.4) is 0 Å². The van der Waals surface area contributed by atoms with Gasteiger partial charge < -0.3 is 20.1 Å². The summed E-state index contributed by atoms with van der Waals surface area (Å²) in [6.45, 7) is 0. The lowest BCUT2D eigenvalue weighted by atomic mass is 10.2. The minimum atomic E-state index is -0.887. The quantitative estimate of drug-likeness (QED) is 0.671. The van der Waals surface area contributed by atoms with Gasteiger partial charge in [-0.3, -0.25) is 4.79 Å². The Labute approximate surface area is 159 Å². The van der Waals surface area contributed by atoms with E-state index >= 15 is 0 Å². The maximum absolute atomic E-state index is 13.7. The molecule has 0 aliphatic rings. The minimum absolute atomic E-state index is 0.0815. The molecule has 1 heterocycles. The molecule has 0 fully saturated rings. The molecule has 0 aliphatic heterocycles. The zero-order valence-corrected chi connectivity index (χ0v) is 15.0. The number of para-hydroxylation sites is 1. The number of carbonyl (C=O) groups is 1. The van der Waals surface area contributed by atoms with E-state index in [0.29, 0.717) is 17.2 Å². The lowest BCUT2D eigenvalue weighted by molar-refractivity contribution is 0.102. The van der Waals surface area contributed by atoms with Crippen LogP contribution in [0.15, 0.2) is 48.7 Å². The van der Waals surface area contributed by atoms with Crippen LogP contribution in [0, 0.1) is 11.6 Å². The van der Waals surface area contributed by atoms with Gasteiger partial charge in [0.05, 0.1) is 19.9 Å². The summed E-state index contributed by atoms with van der Waals surface area (Å²) >= 11 is 0. The van der Waals surface area contributed by atoms with E-state index in [0.717, 1.165) is 12.1 Å². The van der Waals surface area contributed by atoms with Crippen molar-refractivity contribution in [2.24, 2.45) is 0 Å². The molecule has 0 atom stereocenters. The highest BCUT2D eigenvalue weighted by molar-refractivity contribution is 6.03. The first kappa shape index (κ1) is 19.0. The molecule has 2 aromatic carbocycles. The molecule has 1 aromatic heterocycles. The van der Waals surface area contributed by atoms with E-state index in [1.165, 1.54) is 32.5 Å². The van der Waals surface area contributed by atoms with Crippen LogP contribution >= 0.6 is 0 Å². The first-order valence-corrected chi connectivity index (χ1v) is 8.09. The Hall–Kier alpha value is -3.75. The number of nitrogens with one attached hydrogen (secondary N) is 2. The van der Waals surface area contributed by atoms with Gasteiger partial charge in [0, 0.05) is 12.3 Å². The van der Waals surface area contributed by atoms with E-state index in [1.807, 2.05) is 0 Å². The number of aromatic nitrogens is 2. The molecule has 0 bridgehead atoms. The predicted octanol–water partition coefficient (Wildman–Crippen LogP) is 3.77. The highest BCUT2D eigenvalue weighted by atomic mass is 19.1. The number of amides is 1. The lowest BCUT2D eigenvalue weighted by Gasteiger charge is -2.12. The molecule has 0 saturated carbocycles. The summed E-state index contributed by atoms with van der Waals surface area (Å²) in [6.07, 6.45) is 1.34. The molecule has 0 spiro atoms. The van der Waals surface area contributed by atoms with E-state index in [-0.39, 0.29) is 11.6 Å². The van der Waals surface area contributed by atoms with Gasteiger partial charge in [-0.2, -0.15) is 0 Å². The largest absolute Gasteiger partial charge is 0.497 e. The number of benzene rings is 2. The van der Waals surface area contributed by atoms with Gasteiger partial charge in [-0.25, -0.2) is 18.7 Å². The van der Waals surface area contributed by atoms with Crippen LogP contribution in [-0.2, 0) is 0 Å². The Morgan fingerprint density at radius 1 is 1.04 bits per heavy atom. The van der Waals surface area contributed by atoms with Crippen LogP contribution < -0.4 is 20.1 Å². The van der Waals surface area contributed by atoms with Crippen molar-refractivity contribution in [3.63, 3.8) is 0 Å². The van der Waals surface area contributed by atoms with Crippen molar-refractivity contribution in [2.75, 3.05) is 24.9 Å². The molecule has 28 heavy (non-hydrogen) atoms. The standard InChI is InChI=1S/C19H16F2N4O3/c1-27-11-6-7-16(28-2)15(10-11)24-19-22-9-8-14(23-19)18(26)25-17-12(20)4-3-5-13(17)21/h3-10H,1-2H3,(H,25,26)(H,22,23,24). The second-order valence-corrected chi connectivity index (χ2v) is 5.51. The molecule has 2 N–H and O–H groups in total. The Kier molecular flexibility index (Phi) is 5.64. The molecule has 0 aliphatic carbocycles. The van der Waals surface area contributed by atoms with Gasteiger partial charge in [0.2, 0.25) is 5.95 Å². The lowest BCUT2D eigenvalue weighted by Crippen LogP contribution is -2.16. The Morgan fingerprint density at radius 2 is 1.79 bits per heavy atom. The summed E-state index contributed by atoms with van der Waals surface area (Å²) in [6, 6.07) is 9.69. The fourth-order valence-corrected chi connectivity index (χ4v) is 2.37. The van der Waals surface area contributed by atoms with Gasteiger partial charge in [-0.1, -0.05) is 6.07 Å². The monoisotopic (exact) mass is 386 g/mol. The molecule has 1 amide bonds. The van der Waals surface area contributed by atoms with E-state index < -0.39 is 23.2 Å². The number of rotatable bonds is 6. The SMILES string of the molecule is COc1ccc(OC)c(Nc2nccc(C(=O)Nc3c(F)cccc3F)n2)c1. The average molecular weight is 386 g/mol. The van der Waals surface area contributed by atoms with Crippen LogP contribution in [0.5, 0.6) is 11.5 Å². The average Bonchev–Trinajstić information content (AvgIpc) is 2.71. The number of nitrogens with zero attached hydrogens (tertiary/aromatic N) is 2. The summed E-state index contributed by atoms with van der Waals surface area (Å²) in [4.78, 5) is 20.5. The van der Waals surface area contributed by atoms with Crippen LogP contribution in [0.2, 0.25) is 0 Å². The van der Waals surface area contributed by atoms with Crippen molar-refractivity contribution in [3.8, 4) is 11.5 Å². The second-order valence-electron chi connectivity index (χ2n) is 5.51. The van der Waals surface area contributed by atoms with Crippen LogP contribution in [0.25, 0.3) is 0 Å². The van der Waals surface area contributed by atoms with Crippen LogP contribution in [-0.4, -0.2) is 30.1 Å². The summed E-state index contributed by atoms with van der Waals surface area (Å²) in [7, 11) is 3.02. The fourth-order valence-electron chi connectivity index (χ4n) is 2.37. The van der Waals surface area contributed by atoms with Gasteiger partial charge in [0.15, 0.2) is 0 Å². The van der Waals surface area contributed by atoms with Crippen molar-refractivity contribution >= 4 is 23.2 Å². The maximum atomic E-state index is 13.7. The molecule has 0 saturated heterocycles. The fraction of sp³-hybridized carbons (Fsp3) is 0.105. The van der Waals surface area contributed by atoms with Crippen molar-refractivity contribution < 1.29 is 23.0 Å². The van der Waals surface area contributed by atoms with Gasteiger partial charge in [0.1, 0.15) is 34.5 Å². The number of hydrogen-bond acceptors (Lipinski definition) is 6. The van der Waals surface area contributed by atoms with E-state index in [2.05, 4.69) is 20.6 Å². The highest BCUT2D eigenvalue weighted by Gasteiger charge is 2.15. The number of carbonyl (C=O) groups excluding carboxylic acids is 1. The van der Waals surface area contributed by atoms with E-state index in [4.69, 9.17) is 9.47 Å². The van der Waals surface area contributed by atoms with Gasteiger partial charge in [0.25, 0.3) is 5.91 Å². The Morgan fingerprint density at radius 3 is 2.46 bits per heavy atom. The third kappa shape index (κ3) is 4.14. The Balaban J connectivity index is 1.84. The van der Waals surface area contributed by atoms with E-state index in [9.17, 15) is 13.6 Å². The summed E-state index contributed by atoms with van der Waals surface area (Å²) < 4.78 is 37.9. The van der Waals surface area contributed by atoms with Crippen molar-refractivity contribution in [2.45, 2.75) is 0 Å². The van der Waals surface area contributed by atoms with Crippen molar-refractivity contribution in [3.05, 3.63) is 66.0 Å². The highest BCUT2D eigenvalue weighted by Crippen LogP contribution is 2.30. The second kappa shape index (κ2) is 8.30. The first-order valence-electron chi connectivity index (χ1n) is 8.09. The molecule has 3 rings (SSSR count). The third-order valence-electron chi connectivity index (χ3n) is 3.74. The number of anilines is 3. The van der Waals surface area contributed by atoms with Crippen LogP contribution in [0.4, 0.5) is 26.1 Å². The van der Waals surface area contributed by atoms with Gasteiger partial charge in [-0.05, 0) is 30.3 Å². The third-order valence-corrected chi connectivity index (χ3v) is 3.74. The van der Waals surface area contributed by atoms with Gasteiger partial charge >= 0.3 is 0 Å².